The van der Waals surface area contributed by atoms with Gasteiger partial charge in [0.25, 0.3) is 5.91 Å². The van der Waals surface area contributed by atoms with E-state index in [1.807, 2.05) is 56.3 Å². The van der Waals surface area contributed by atoms with E-state index in [2.05, 4.69) is 17.4 Å². The van der Waals surface area contributed by atoms with Gasteiger partial charge in [0.1, 0.15) is 5.75 Å². The van der Waals surface area contributed by atoms with Crippen LogP contribution in [0.5, 0.6) is 5.75 Å². The highest BCUT2D eigenvalue weighted by atomic mass is 16.5. The molecule has 0 aromatic heterocycles. The van der Waals surface area contributed by atoms with Gasteiger partial charge in [0.2, 0.25) is 0 Å². The van der Waals surface area contributed by atoms with E-state index >= 15 is 0 Å². The van der Waals surface area contributed by atoms with Crippen molar-refractivity contribution in [3.63, 3.8) is 0 Å². The minimum atomic E-state index is -0.536. The number of rotatable bonds is 5. The summed E-state index contributed by atoms with van der Waals surface area (Å²) >= 11 is 0. The number of carbonyl (C=O) groups excluding carboxylic acids is 1. The summed E-state index contributed by atoms with van der Waals surface area (Å²) in [5, 5.41) is 3.09. The first-order chi connectivity index (χ1) is 12.5. The second kappa shape index (κ2) is 8.37. The van der Waals surface area contributed by atoms with Crippen molar-refractivity contribution in [2.24, 2.45) is 0 Å². The quantitative estimate of drug-likeness (QED) is 0.877. The van der Waals surface area contributed by atoms with Gasteiger partial charge in [-0.25, -0.2) is 0 Å². The standard InChI is InChI=1S/C22H27NO3/c1-15-13-20(14-16(2)25-15)23-22(24)17(3)26-21-11-9-19(10-12-21)18-7-5-4-6-8-18/h4-12,15-17,20H,13-14H2,1-3H3,(H,23,24)/t15-,16+,17-,20?/m1/s1. The molecular formula is C22H27NO3. The summed E-state index contributed by atoms with van der Waals surface area (Å²) in [7, 11) is 0. The smallest absolute Gasteiger partial charge is 0.260 e. The second-order valence-corrected chi connectivity index (χ2v) is 7.08. The molecule has 2 aromatic rings. The third kappa shape index (κ3) is 4.85. The van der Waals surface area contributed by atoms with Crippen LogP contribution >= 0.6 is 0 Å². The molecule has 2 aromatic carbocycles. The second-order valence-electron chi connectivity index (χ2n) is 7.08. The van der Waals surface area contributed by atoms with E-state index in [-0.39, 0.29) is 24.2 Å². The van der Waals surface area contributed by atoms with Gasteiger partial charge in [-0.15, -0.1) is 0 Å². The summed E-state index contributed by atoms with van der Waals surface area (Å²) in [6.07, 6.45) is 1.49. The average molecular weight is 353 g/mol. The fourth-order valence-electron chi connectivity index (χ4n) is 3.46. The Labute approximate surface area is 155 Å². The Kier molecular flexibility index (Phi) is 5.94. The Morgan fingerprint density at radius 1 is 1.00 bits per heavy atom. The Bertz CT molecular complexity index is 704. The summed E-state index contributed by atoms with van der Waals surface area (Å²) in [5.41, 5.74) is 2.29. The average Bonchev–Trinajstić information content (AvgIpc) is 2.62. The monoisotopic (exact) mass is 353 g/mol. The number of ether oxygens (including phenoxy) is 2. The van der Waals surface area contributed by atoms with Crippen LogP contribution in [0.4, 0.5) is 0 Å². The molecule has 138 valence electrons. The topological polar surface area (TPSA) is 47.6 Å². The summed E-state index contributed by atoms with van der Waals surface area (Å²) in [5.74, 6) is 0.615. The first-order valence-electron chi connectivity index (χ1n) is 9.29. The van der Waals surface area contributed by atoms with Gasteiger partial charge in [0.15, 0.2) is 6.10 Å². The van der Waals surface area contributed by atoms with Gasteiger partial charge in [0.05, 0.1) is 12.2 Å². The van der Waals surface area contributed by atoms with E-state index in [4.69, 9.17) is 9.47 Å². The molecule has 0 aliphatic carbocycles. The maximum atomic E-state index is 12.4. The van der Waals surface area contributed by atoms with E-state index in [0.717, 1.165) is 24.0 Å². The number of nitrogens with one attached hydrogen (secondary N) is 1. The summed E-state index contributed by atoms with van der Waals surface area (Å²) in [6, 6.07) is 18.2. The molecule has 4 atom stereocenters. The molecule has 26 heavy (non-hydrogen) atoms. The molecule has 1 aliphatic rings. The van der Waals surface area contributed by atoms with Crippen molar-refractivity contribution >= 4 is 5.91 Å². The van der Waals surface area contributed by atoms with Crippen molar-refractivity contribution in [2.45, 2.75) is 58.0 Å². The van der Waals surface area contributed by atoms with Crippen LogP contribution < -0.4 is 10.1 Å². The zero-order valence-electron chi connectivity index (χ0n) is 15.6. The van der Waals surface area contributed by atoms with E-state index in [9.17, 15) is 4.79 Å². The number of carbonyl (C=O) groups is 1. The van der Waals surface area contributed by atoms with Crippen LogP contribution in [-0.2, 0) is 9.53 Å². The fourth-order valence-corrected chi connectivity index (χ4v) is 3.46. The van der Waals surface area contributed by atoms with Crippen molar-refractivity contribution in [3.05, 3.63) is 54.6 Å². The number of benzene rings is 2. The summed E-state index contributed by atoms with van der Waals surface area (Å²) < 4.78 is 11.5. The molecular weight excluding hydrogens is 326 g/mol. The van der Waals surface area contributed by atoms with Crippen LogP contribution in [-0.4, -0.2) is 30.3 Å². The molecule has 4 nitrogen and oxygen atoms in total. The molecule has 0 bridgehead atoms. The molecule has 1 aliphatic heterocycles. The molecule has 1 fully saturated rings. The van der Waals surface area contributed by atoms with Crippen molar-refractivity contribution in [3.8, 4) is 16.9 Å². The highest BCUT2D eigenvalue weighted by Crippen LogP contribution is 2.23. The van der Waals surface area contributed by atoms with Crippen LogP contribution in [0.15, 0.2) is 54.6 Å². The molecule has 4 heteroatoms. The molecule has 1 unspecified atom stereocenters. The van der Waals surface area contributed by atoms with Gasteiger partial charge in [-0.05, 0) is 56.9 Å². The lowest BCUT2D eigenvalue weighted by atomic mass is 9.99. The third-order valence-electron chi connectivity index (χ3n) is 4.69. The highest BCUT2D eigenvalue weighted by Gasteiger charge is 2.27. The maximum absolute atomic E-state index is 12.4. The molecule has 1 saturated heterocycles. The van der Waals surface area contributed by atoms with Gasteiger partial charge in [-0.3, -0.25) is 4.79 Å². The molecule has 3 rings (SSSR count). The lowest BCUT2D eigenvalue weighted by molar-refractivity contribution is -0.129. The largest absolute Gasteiger partial charge is 0.481 e. The first kappa shape index (κ1) is 18.5. The molecule has 1 amide bonds. The van der Waals surface area contributed by atoms with Crippen molar-refractivity contribution in [1.82, 2.24) is 5.32 Å². The maximum Gasteiger partial charge on any atom is 0.260 e. The van der Waals surface area contributed by atoms with Crippen molar-refractivity contribution in [2.75, 3.05) is 0 Å². The van der Waals surface area contributed by atoms with Crippen LogP contribution in [0.25, 0.3) is 11.1 Å². The summed E-state index contributed by atoms with van der Waals surface area (Å²) in [4.78, 5) is 12.4. The number of hydrogen-bond donors (Lipinski definition) is 1. The Morgan fingerprint density at radius 2 is 1.58 bits per heavy atom. The van der Waals surface area contributed by atoms with Crippen molar-refractivity contribution < 1.29 is 14.3 Å². The fraction of sp³-hybridized carbons (Fsp3) is 0.409. The van der Waals surface area contributed by atoms with Crippen molar-refractivity contribution in [1.29, 1.82) is 0 Å². The van der Waals surface area contributed by atoms with Gasteiger partial charge < -0.3 is 14.8 Å². The molecule has 1 heterocycles. The Morgan fingerprint density at radius 3 is 2.19 bits per heavy atom. The predicted octanol–water partition coefficient (Wildman–Crippen LogP) is 4.19. The molecule has 1 N–H and O–H groups in total. The van der Waals surface area contributed by atoms with Crippen LogP contribution in [0.3, 0.4) is 0 Å². The summed E-state index contributed by atoms with van der Waals surface area (Å²) in [6.45, 7) is 5.87. The van der Waals surface area contributed by atoms with E-state index in [1.54, 1.807) is 6.92 Å². The predicted molar refractivity (Wildman–Crippen MR) is 103 cm³/mol. The van der Waals surface area contributed by atoms with Gasteiger partial charge >= 0.3 is 0 Å². The highest BCUT2D eigenvalue weighted by molar-refractivity contribution is 5.81. The van der Waals surface area contributed by atoms with Gasteiger partial charge in [-0.1, -0.05) is 42.5 Å². The molecule has 0 radical (unpaired) electrons. The lowest BCUT2D eigenvalue weighted by Crippen LogP contribution is -2.47. The zero-order chi connectivity index (χ0) is 18.5. The first-order valence-corrected chi connectivity index (χ1v) is 9.29. The number of amides is 1. The van der Waals surface area contributed by atoms with Crippen LogP contribution in [0.2, 0.25) is 0 Å². The van der Waals surface area contributed by atoms with E-state index < -0.39 is 6.10 Å². The van der Waals surface area contributed by atoms with E-state index in [0.29, 0.717) is 5.75 Å². The van der Waals surface area contributed by atoms with Crippen LogP contribution in [0, 0.1) is 0 Å². The minimum Gasteiger partial charge on any atom is -0.481 e. The van der Waals surface area contributed by atoms with Gasteiger partial charge in [-0.2, -0.15) is 0 Å². The Hall–Kier alpha value is -2.33. The van der Waals surface area contributed by atoms with Gasteiger partial charge in [0, 0.05) is 6.04 Å². The SMILES string of the molecule is C[C@@H]1CC(NC(=O)[C@@H](C)Oc2ccc(-c3ccccc3)cc2)C[C@H](C)O1. The van der Waals surface area contributed by atoms with Crippen LogP contribution in [0.1, 0.15) is 33.6 Å². The minimum absolute atomic E-state index is 0.0802. The lowest BCUT2D eigenvalue weighted by Gasteiger charge is -2.33. The molecule has 0 saturated carbocycles. The van der Waals surface area contributed by atoms with E-state index in [1.165, 1.54) is 0 Å². The third-order valence-corrected chi connectivity index (χ3v) is 4.69. The number of hydrogen-bond acceptors (Lipinski definition) is 3. The Balaban J connectivity index is 1.55. The normalized spacial score (nSPS) is 23.9. The molecule has 0 spiro atoms. The zero-order valence-corrected chi connectivity index (χ0v) is 15.6.